The van der Waals surface area contributed by atoms with Crippen molar-refractivity contribution >= 4 is 21.8 Å². The SMILES string of the molecule is COc1ccc(S(=O)(=O)N2CCS[C@@H]2c2ccc(OCc3ccccc3)cc2)cc1. The Balaban J connectivity index is 1.48. The molecule has 0 spiro atoms. The maximum atomic E-state index is 13.2. The molecule has 0 aromatic heterocycles. The van der Waals surface area contributed by atoms with Crippen LogP contribution in [-0.2, 0) is 16.6 Å². The summed E-state index contributed by atoms with van der Waals surface area (Å²) in [5.41, 5.74) is 2.05. The van der Waals surface area contributed by atoms with E-state index in [1.165, 1.54) is 0 Å². The highest BCUT2D eigenvalue weighted by molar-refractivity contribution is 8.01. The molecule has 7 heteroatoms. The number of hydrogen-bond donors (Lipinski definition) is 0. The Hall–Kier alpha value is -2.48. The molecular weight excluding hydrogens is 418 g/mol. The summed E-state index contributed by atoms with van der Waals surface area (Å²) in [7, 11) is -2.03. The fourth-order valence-electron chi connectivity index (χ4n) is 3.32. The van der Waals surface area contributed by atoms with E-state index in [0.29, 0.717) is 18.9 Å². The molecule has 0 radical (unpaired) electrons. The summed E-state index contributed by atoms with van der Waals surface area (Å²) in [5.74, 6) is 2.15. The lowest BCUT2D eigenvalue weighted by Gasteiger charge is -2.24. The Bertz CT molecular complexity index is 1070. The molecule has 0 unspecified atom stereocenters. The summed E-state index contributed by atoms with van der Waals surface area (Å²) in [4.78, 5) is 0.276. The summed E-state index contributed by atoms with van der Waals surface area (Å²) >= 11 is 1.63. The third-order valence-electron chi connectivity index (χ3n) is 4.93. The first kappa shape index (κ1) is 20.8. The smallest absolute Gasteiger partial charge is 0.244 e. The van der Waals surface area contributed by atoms with Gasteiger partial charge in [-0.1, -0.05) is 42.5 Å². The van der Waals surface area contributed by atoms with Gasteiger partial charge in [0.1, 0.15) is 18.1 Å². The minimum atomic E-state index is -3.59. The second-order valence-corrected chi connectivity index (χ2v) is 9.94. The number of rotatable bonds is 7. The number of hydrogen-bond acceptors (Lipinski definition) is 5. The molecule has 1 fully saturated rings. The fraction of sp³-hybridized carbons (Fsp3) is 0.217. The zero-order chi connectivity index (χ0) is 21.0. The molecule has 1 heterocycles. The van der Waals surface area contributed by atoms with Crippen LogP contribution in [0.3, 0.4) is 0 Å². The topological polar surface area (TPSA) is 55.8 Å². The Morgan fingerprint density at radius 1 is 0.933 bits per heavy atom. The van der Waals surface area contributed by atoms with E-state index in [4.69, 9.17) is 9.47 Å². The quantitative estimate of drug-likeness (QED) is 0.531. The Morgan fingerprint density at radius 2 is 1.60 bits per heavy atom. The number of sulfonamides is 1. The maximum absolute atomic E-state index is 13.2. The van der Waals surface area contributed by atoms with Gasteiger partial charge >= 0.3 is 0 Å². The van der Waals surface area contributed by atoms with E-state index >= 15 is 0 Å². The molecule has 0 saturated carbocycles. The molecule has 0 bridgehead atoms. The molecule has 4 rings (SSSR count). The Morgan fingerprint density at radius 3 is 2.27 bits per heavy atom. The monoisotopic (exact) mass is 441 g/mol. The lowest BCUT2D eigenvalue weighted by molar-refractivity contribution is 0.306. The molecule has 1 aliphatic heterocycles. The van der Waals surface area contributed by atoms with Gasteiger partial charge in [-0.05, 0) is 47.5 Å². The highest BCUT2D eigenvalue weighted by atomic mass is 32.2. The number of methoxy groups -OCH3 is 1. The standard InChI is InChI=1S/C23H23NO4S2/c1-27-20-11-13-22(14-12-20)30(25,26)24-15-16-29-23(24)19-7-9-21(10-8-19)28-17-18-5-3-2-4-6-18/h2-14,23H,15-17H2,1H3/t23-/m1/s1. The van der Waals surface area contributed by atoms with Crippen LogP contribution < -0.4 is 9.47 Å². The molecule has 0 N–H and O–H groups in total. The molecule has 5 nitrogen and oxygen atoms in total. The van der Waals surface area contributed by atoms with Crippen LogP contribution in [0, 0.1) is 0 Å². The molecular formula is C23H23NO4S2. The molecule has 1 aliphatic rings. The van der Waals surface area contributed by atoms with Crippen LogP contribution in [0.4, 0.5) is 0 Å². The highest BCUT2D eigenvalue weighted by Gasteiger charge is 2.36. The van der Waals surface area contributed by atoms with Crippen LogP contribution in [0.15, 0.2) is 83.8 Å². The van der Waals surface area contributed by atoms with E-state index < -0.39 is 10.0 Å². The van der Waals surface area contributed by atoms with E-state index in [1.807, 2.05) is 54.6 Å². The Kier molecular flexibility index (Phi) is 6.32. The van der Waals surface area contributed by atoms with Crippen LogP contribution in [0.1, 0.15) is 16.5 Å². The van der Waals surface area contributed by atoms with Crippen LogP contribution >= 0.6 is 11.8 Å². The minimum absolute atomic E-state index is 0.250. The molecule has 1 saturated heterocycles. The van der Waals surface area contributed by atoms with Gasteiger partial charge in [-0.25, -0.2) is 8.42 Å². The fourth-order valence-corrected chi connectivity index (χ4v) is 6.56. The second kappa shape index (κ2) is 9.12. The van der Waals surface area contributed by atoms with Crippen molar-refractivity contribution in [2.45, 2.75) is 16.9 Å². The number of nitrogens with zero attached hydrogens (tertiary/aromatic N) is 1. The van der Waals surface area contributed by atoms with E-state index in [0.717, 1.165) is 22.6 Å². The summed E-state index contributed by atoms with van der Waals surface area (Å²) in [6, 6.07) is 24.2. The molecule has 156 valence electrons. The van der Waals surface area contributed by atoms with Gasteiger partial charge in [0, 0.05) is 12.3 Å². The minimum Gasteiger partial charge on any atom is -0.497 e. The number of benzene rings is 3. The summed E-state index contributed by atoms with van der Waals surface area (Å²) in [6.07, 6.45) is 0. The zero-order valence-electron chi connectivity index (χ0n) is 16.6. The van der Waals surface area contributed by atoms with Crippen LogP contribution in [-0.4, -0.2) is 32.1 Å². The predicted molar refractivity (Wildman–Crippen MR) is 119 cm³/mol. The van der Waals surface area contributed by atoms with Crippen molar-refractivity contribution in [3.8, 4) is 11.5 Å². The normalized spacial score (nSPS) is 17.0. The van der Waals surface area contributed by atoms with Gasteiger partial charge < -0.3 is 9.47 Å². The van der Waals surface area contributed by atoms with Crippen molar-refractivity contribution in [2.75, 3.05) is 19.4 Å². The van der Waals surface area contributed by atoms with Crippen molar-refractivity contribution < 1.29 is 17.9 Å². The molecule has 1 atom stereocenters. The van der Waals surface area contributed by atoms with Crippen molar-refractivity contribution in [3.05, 3.63) is 90.0 Å². The summed E-state index contributed by atoms with van der Waals surface area (Å²) in [5, 5.41) is -0.250. The lowest BCUT2D eigenvalue weighted by atomic mass is 10.2. The van der Waals surface area contributed by atoms with Crippen molar-refractivity contribution in [1.29, 1.82) is 0 Å². The van der Waals surface area contributed by atoms with E-state index in [1.54, 1.807) is 47.4 Å². The van der Waals surface area contributed by atoms with Gasteiger partial charge in [-0.2, -0.15) is 4.31 Å². The van der Waals surface area contributed by atoms with Gasteiger partial charge in [0.05, 0.1) is 17.4 Å². The third-order valence-corrected chi connectivity index (χ3v) is 8.20. The van der Waals surface area contributed by atoms with Crippen molar-refractivity contribution in [1.82, 2.24) is 4.31 Å². The van der Waals surface area contributed by atoms with Crippen molar-refractivity contribution in [3.63, 3.8) is 0 Å². The number of ether oxygens (including phenoxy) is 2. The summed E-state index contributed by atoms with van der Waals surface area (Å²) in [6.45, 7) is 0.978. The molecule has 30 heavy (non-hydrogen) atoms. The van der Waals surface area contributed by atoms with Gasteiger partial charge in [0.2, 0.25) is 10.0 Å². The third kappa shape index (κ3) is 4.48. The maximum Gasteiger partial charge on any atom is 0.244 e. The van der Waals surface area contributed by atoms with Gasteiger partial charge in [-0.15, -0.1) is 11.8 Å². The van der Waals surface area contributed by atoms with Crippen molar-refractivity contribution in [2.24, 2.45) is 0 Å². The van der Waals surface area contributed by atoms with E-state index in [9.17, 15) is 8.42 Å². The van der Waals surface area contributed by atoms with Crippen LogP contribution in [0.5, 0.6) is 11.5 Å². The number of thioether (sulfide) groups is 1. The lowest BCUT2D eigenvalue weighted by Crippen LogP contribution is -2.30. The largest absolute Gasteiger partial charge is 0.497 e. The Labute approximate surface area is 181 Å². The average Bonchev–Trinajstić information content (AvgIpc) is 3.30. The molecule has 3 aromatic carbocycles. The van der Waals surface area contributed by atoms with Gasteiger partial charge in [0.15, 0.2) is 0 Å². The van der Waals surface area contributed by atoms with E-state index in [2.05, 4.69) is 0 Å². The second-order valence-electron chi connectivity index (χ2n) is 6.86. The van der Waals surface area contributed by atoms with E-state index in [-0.39, 0.29) is 10.3 Å². The van der Waals surface area contributed by atoms with Crippen LogP contribution in [0.2, 0.25) is 0 Å². The average molecular weight is 442 g/mol. The zero-order valence-corrected chi connectivity index (χ0v) is 18.2. The van der Waals surface area contributed by atoms with Crippen LogP contribution in [0.25, 0.3) is 0 Å². The first-order chi connectivity index (χ1) is 14.6. The molecule has 0 amide bonds. The molecule has 3 aromatic rings. The molecule has 0 aliphatic carbocycles. The van der Waals surface area contributed by atoms with Gasteiger partial charge in [-0.3, -0.25) is 0 Å². The highest BCUT2D eigenvalue weighted by Crippen LogP contribution is 2.41. The predicted octanol–water partition coefficient (Wildman–Crippen LogP) is 4.71. The van der Waals surface area contributed by atoms with Gasteiger partial charge in [0.25, 0.3) is 0 Å². The first-order valence-corrected chi connectivity index (χ1v) is 12.1. The first-order valence-electron chi connectivity index (χ1n) is 9.62. The summed E-state index contributed by atoms with van der Waals surface area (Å²) < 4.78 is 38.9.